The molecule has 34 heavy (non-hydrogen) atoms. The van der Waals surface area contributed by atoms with E-state index >= 15 is 0 Å². The highest BCUT2D eigenvalue weighted by atomic mass is 35.5. The fourth-order valence-electron chi connectivity index (χ4n) is 3.41. The number of hydrogen-bond acceptors (Lipinski definition) is 4. The van der Waals surface area contributed by atoms with Crippen molar-refractivity contribution in [2.24, 2.45) is 0 Å². The maximum absolute atomic E-state index is 13.6. The van der Waals surface area contributed by atoms with Gasteiger partial charge >= 0.3 is 0 Å². The first-order valence-corrected chi connectivity index (χ1v) is 13.6. The van der Waals surface area contributed by atoms with Crippen molar-refractivity contribution < 1.29 is 18.0 Å². The normalized spacial score (nSPS) is 13.1. The number of nitrogens with zero attached hydrogens (tertiary/aromatic N) is 2. The van der Waals surface area contributed by atoms with Crippen LogP contribution in [0.5, 0.6) is 0 Å². The Morgan fingerprint density at radius 2 is 1.68 bits per heavy atom. The Balaban J connectivity index is 2.45. The summed E-state index contributed by atoms with van der Waals surface area (Å²) < 4.78 is 26.2. The summed E-state index contributed by atoms with van der Waals surface area (Å²) >= 11 is 12.3. The van der Waals surface area contributed by atoms with Crippen LogP contribution in [0.4, 0.5) is 5.69 Å². The van der Waals surface area contributed by atoms with Gasteiger partial charge in [-0.05, 0) is 43.5 Å². The molecule has 0 saturated heterocycles. The van der Waals surface area contributed by atoms with Crippen molar-refractivity contribution in [3.8, 4) is 0 Å². The molecule has 0 aliphatic rings. The topological polar surface area (TPSA) is 86.8 Å². The van der Waals surface area contributed by atoms with E-state index in [1.165, 1.54) is 23.1 Å². The molecule has 2 aromatic rings. The van der Waals surface area contributed by atoms with Gasteiger partial charge in [0, 0.05) is 17.6 Å². The van der Waals surface area contributed by atoms with Crippen LogP contribution >= 0.6 is 23.2 Å². The van der Waals surface area contributed by atoms with E-state index in [0.29, 0.717) is 6.42 Å². The monoisotopic (exact) mass is 527 g/mol. The molecule has 2 rings (SSSR count). The quantitative estimate of drug-likeness (QED) is 0.466. The largest absolute Gasteiger partial charge is 0.352 e. The van der Waals surface area contributed by atoms with Gasteiger partial charge in [-0.3, -0.25) is 13.9 Å². The second-order valence-electron chi connectivity index (χ2n) is 8.11. The van der Waals surface area contributed by atoms with Crippen LogP contribution in [-0.4, -0.2) is 50.0 Å². The van der Waals surface area contributed by atoms with Crippen LogP contribution in [0.25, 0.3) is 0 Å². The minimum absolute atomic E-state index is 0.0620. The van der Waals surface area contributed by atoms with Gasteiger partial charge in [-0.15, -0.1) is 0 Å². The lowest BCUT2D eigenvalue weighted by molar-refractivity contribution is -0.140. The van der Waals surface area contributed by atoms with E-state index in [1.54, 1.807) is 0 Å². The highest BCUT2D eigenvalue weighted by Crippen LogP contribution is 2.31. The van der Waals surface area contributed by atoms with Crippen LogP contribution < -0.4 is 9.62 Å². The second kappa shape index (κ2) is 12.4. The standard InChI is InChI=1S/C24H31Cl2N3O4S/c1-5-17(3)27-24(31)21(6-2)28(15-18-10-8-7-9-11-18)23(30)16-29(34(4,32)33)22-14-19(25)12-13-20(22)26/h7-14,17,21H,5-6,15-16H2,1-4H3,(H,27,31)/t17-,21+/m0/s1. The van der Waals surface area contributed by atoms with Crippen LogP contribution in [0.2, 0.25) is 10.0 Å². The summed E-state index contributed by atoms with van der Waals surface area (Å²) in [4.78, 5) is 28.1. The third-order valence-electron chi connectivity index (χ3n) is 5.44. The number of benzene rings is 2. The van der Waals surface area contributed by atoms with Gasteiger partial charge in [0.05, 0.1) is 17.0 Å². The lowest BCUT2D eigenvalue weighted by Gasteiger charge is -2.33. The third-order valence-corrected chi connectivity index (χ3v) is 7.12. The van der Waals surface area contributed by atoms with Crippen LogP contribution in [0.15, 0.2) is 48.5 Å². The number of anilines is 1. The molecule has 0 aromatic heterocycles. The van der Waals surface area contributed by atoms with Gasteiger partial charge in [-0.1, -0.05) is 67.4 Å². The molecule has 10 heteroatoms. The molecule has 0 fully saturated rings. The molecule has 2 aromatic carbocycles. The molecule has 0 aliphatic heterocycles. The van der Waals surface area contributed by atoms with Crippen molar-refractivity contribution in [3.05, 3.63) is 64.1 Å². The Morgan fingerprint density at radius 1 is 1.03 bits per heavy atom. The number of amides is 2. The number of halogens is 2. The predicted octanol–water partition coefficient (Wildman–Crippen LogP) is 4.48. The second-order valence-corrected chi connectivity index (χ2v) is 10.9. The zero-order chi connectivity index (χ0) is 25.5. The Labute approximate surface area is 212 Å². The fourth-order valence-corrected chi connectivity index (χ4v) is 4.70. The van der Waals surface area contributed by atoms with Crippen LogP contribution in [0.1, 0.15) is 39.2 Å². The minimum Gasteiger partial charge on any atom is -0.352 e. The maximum Gasteiger partial charge on any atom is 0.244 e. The Morgan fingerprint density at radius 3 is 2.24 bits per heavy atom. The van der Waals surface area contributed by atoms with Crippen molar-refractivity contribution in [2.75, 3.05) is 17.1 Å². The molecule has 186 valence electrons. The average molecular weight is 529 g/mol. The van der Waals surface area contributed by atoms with Gasteiger partial charge in [0.1, 0.15) is 12.6 Å². The molecule has 0 heterocycles. The SMILES string of the molecule is CC[C@H](C(=O)N[C@@H](C)CC)N(Cc1ccccc1)C(=O)CN(c1cc(Cl)ccc1Cl)S(C)(=O)=O. The van der Waals surface area contributed by atoms with E-state index in [0.717, 1.165) is 22.5 Å². The van der Waals surface area contributed by atoms with Gasteiger partial charge < -0.3 is 10.2 Å². The third kappa shape index (κ3) is 7.61. The Kier molecular flexibility index (Phi) is 10.2. The molecule has 0 unspecified atom stereocenters. The predicted molar refractivity (Wildman–Crippen MR) is 138 cm³/mol. The van der Waals surface area contributed by atoms with Crippen molar-refractivity contribution in [1.82, 2.24) is 10.2 Å². The smallest absolute Gasteiger partial charge is 0.244 e. The van der Waals surface area contributed by atoms with E-state index in [1.807, 2.05) is 51.1 Å². The maximum atomic E-state index is 13.6. The number of nitrogens with one attached hydrogen (secondary N) is 1. The van der Waals surface area contributed by atoms with Gasteiger partial charge in [-0.2, -0.15) is 0 Å². The lowest BCUT2D eigenvalue weighted by Crippen LogP contribution is -2.53. The lowest BCUT2D eigenvalue weighted by atomic mass is 10.1. The van der Waals surface area contributed by atoms with Crippen LogP contribution in [0.3, 0.4) is 0 Å². The highest BCUT2D eigenvalue weighted by molar-refractivity contribution is 7.92. The molecule has 1 N–H and O–H groups in total. The van der Waals surface area contributed by atoms with Gasteiger partial charge in [0.15, 0.2) is 0 Å². The number of sulfonamides is 1. The van der Waals surface area contributed by atoms with Crippen molar-refractivity contribution in [1.29, 1.82) is 0 Å². The van der Waals surface area contributed by atoms with Crippen LogP contribution in [0, 0.1) is 0 Å². The summed E-state index contributed by atoms with van der Waals surface area (Å²) in [7, 11) is -3.89. The van der Waals surface area contributed by atoms with E-state index < -0.39 is 28.5 Å². The fraction of sp³-hybridized carbons (Fsp3) is 0.417. The van der Waals surface area contributed by atoms with Gasteiger partial charge in [0.25, 0.3) is 0 Å². The van der Waals surface area contributed by atoms with Crippen molar-refractivity contribution in [3.63, 3.8) is 0 Å². The number of rotatable bonds is 11. The summed E-state index contributed by atoms with van der Waals surface area (Å²) in [5, 5.41) is 3.35. The molecule has 2 atom stereocenters. The van der Waals surface area contributed by atoms with E-state index in [-0.39, 0.29) is 34.2 Å². The zero-order valence-electron chi connectivity index (χ0n) is 19.8. The molecular formula is C24H31Cl2N3O4S. The molecule has 0 saturated carbocycles. The minimum atomic E-state index is -3.89. The Bertz CT molecular complexity index is 1100. The van der Waals surface area contributed by atoms with Crippen molar-refractivity contribution >= 4 is 50.7 Å². The molecule has 0 aliphatic carbocycles. The van der Waals surface area contributed by atoms with E-state index in [2.05, 4.69) is 5.32 Å². The number of hydrogen-bond donors (Lipinski definition) is 1. The summed E-state index contributed by atoms with van der Waals surface area (Å²) in [6, 6.07) is 12.8. The average Bonchev–Trinajstić information content (AvgIpc) is 2.78. The van der Waals surface area contributed by atoms with Crippen molar-refractivity contribution in [2.45, 2.75) is 52.2 Å². The highest BCUT2D eigenvalue weighted by Gasteiger charge is 2.32. The summed E-state index contributed by atoms with van der Waals surface area (Å²) in [6.07, 6.45) is 2.09. The van der Waals surface area contributed by atoms with Crippen LogP contribution in [-0.2, 0) is 26.2 Å². The molecular weight excluding hydrogens is 497 g/mol. The molecule has 2 amide bonds. The summed E-state index contributed by atoms with van der Waals surface area (Å²) in [5.74, 6) is -0.815. The van der Waals surface area contributed by atoms with E-state index in [4.69, 9.17) is 23.2 Å². The molecule has 7 nitrogen and oxygen atoms in total. The molecule has 0 bridgehead atoms. The van der Waals surface area contributed by atoms with E-state index in [9.17, 15) is 18.0 Å². The molecule has 0 spiro atoms. The first-order chi connectivity index (χ1) is 16.0. The molecule has 0 radical (unpaired) electrons. The first-order valence-electron chi connectivity index (χ1n) is 11.0. The number of carbonyl (C=O) groups excluding carboxylic acids is 2. The summed E-state index contributed by atoms with van der Waals surface area (Å²) in [5.41, 5.74) is 0.916. The summed E-state index contributed by atoms with van der Waals surface area (Å²) in [6.45, 7) is 5.28. The van der Waals surface area contributed by atoms with Gasteiger partial charge in [0.2, 0.25) is 21.8 Å². The first kappa shape index (κ1) is 28.0. The number of carbonyl (C=O) groups is 2. The van der Waals surface area contributed by atoms with Gasteiger partial charge in [-0.25, -0.2) is 8.42 Å². The zero-order valence-corrected chi connectivity index (χ0v) is 22.1. The Hall–Kier alpha value is -2.29.